The second kappa shape index (κ2) is 9.85. The molecule has 1 aliphatic rings. The number of guanidine groups is 1. The minimum absolute atomic E-state index is 0.0405. The molecule has 1 aromatic rings. The van der Waals surface area contributed by atoms with Crippen molar-refractivity contribution in [2.45, 2.75) is 25.9 Å². The Balaban J connectivity index is 1.90. The molecule has 0 aliphatic carbocycles. The lowest BCUT2D eigenvalue weighted by molar-refractivity contribution is 0.127. The Morgan fingerprint density at radius 2 is 2.19 bits per heavy atom. The summed E-state index contributed by atoms with van der Waals surface area (Å²) >= 11 is 0. The van der Waals surface area contributed by atoms with Crippen LogP contribution in [-0.4, -0.2) is 63.5 Å². The van der Waals surface area contributed by atoms with Gasteiger partial charge in [-0.05, 0) is 44.6 Å². The molecule has 0 aromatic heterocycles. The lowest BCUT2D eigenvalue weighted by Gasteiger charge is -2.27. The van der Waals surface area contributed by atoms with Crippen LogP contribution in [0.15, 0.2) is 23.2 Å². The van der Waals surface area contributed by atoms with E-state index < -0.39 is 0 Å². The van der Waals surface area contributed by atoms with E-state index in [-0.39, 0.29) is 17.8 Å². The largest absolute Gasteiger partial charge is 0.396 e. The number of aliphatic imine (C=N–C) groups is 1. The first kappa shape index (κ1) is 20.6. The Morgan fingerprint density at radius 3 is 2.81 bits per heavy atom. The van der Waals surface area contributed by atoms with Gasteiger partial charge in [-0.3, -0.25) is 4.99 Å². The summed E-state index contributed by atoms with van der Waals surface area (Å²) in [6, 6.07) is 5.18. The Kier molecular flexibility index (Phi) is 7.81. The number of aliphatic hydroxyl groups excluding tert-OH is 1. The van der Waals surface area contributed by atoms with E-state index >= 15 is 0 Å². The van der Waals surface area contributed by atoms with Crippen molar-refractivity contribution in [3.63, 3.8) is 0 Å². The van der Waals surface area contributed by atoms with Crippen LogP contribution in [0.25, 0.3) is 0 Å². The van der Waals surface area contributed by atoms with E-state index in [1.165, 1.54) is 6.07 Å². The fourth-order valence-electron chi connectivity index (χ4n) is 3.19. The maximum atomic E-state index is 13.9. The number of nitrogens with one attached hydrogen (secondary N) is 2. The van der Waals surface area contributed by atoms with Gasteiger partial charge in [-0.1, -0.05) is 6.07 Å². The summed E-state index contributed by atoms with van der Waals surface area (Å²) in [4.78, 5) is 6.20. The molecular weight excluding hydrogens is 335 g/mol. The van der Waals surface area contributed by atoms with Crippen LogP contribution in [0.2, 0.25) is 0 Å². The molecule has 1 unspecified atom stereocenters. The molecule has 7 heteroatoms. The normalized spacial score (nSPS) is 20.6. The van der Waals surface area contributed by atoms with E-state index in [0.717, 1.165) is 18.6 Å². The van der Waals surface area contributed by atoms with E-state index in [4.69, 9.17) is 4.74 Å². The number of rotatable bonds is 8. The smallest absolute Gasteiger partial charge is 0.191 e. The molecule has 3 N–H and O–H groups in total. The van der Waals surface area contributed by atoms with Crippen molar-refractivity contribution in [1.82, 2.24) is 15.5 Å². The number of aliphatic hydroxyl groups is 1. The predicted molar refractivity (Wildman–Crippen MR) is 102 cm³/mol. The minimum Gasteiger partial charge on any atom is -0.396 e. The molecule has 0 saturated carbocycles. The van der Waals surface area contributed by atoms with Gasteiger partial charge in [0.1, 0.15) is 5.82 Å². The Labute approximate surface area is 155 Å². The van der Waals surface area contributed by atoms with Crippen LogP contribution in [0, 0.1) is 11.2 Å². The highest BCUT2D eigenvalue weighted by Crippen LogP contribution is 2.31. The Hall–Kier alpha value is -1.70. The zero-order valence-corrected chi connectivity index (χ0v) is 16.0. The fourth-order valence-corrected chi connectivity index (χ4v) is 3.19. The average molecular weight is 366 g/mol. The van der Waals surface area contributed by atoms with E-state index in [9.17, 15) is 9.50 Å². The molecule has 1 fully saturated rings. The van der Waals surface area contributed by atoms with Crippen molar-refractivity contribution >= 4 is 5.96 Å². The van der Waals surface area contributed by atoms with Crippen LogP contribution in [0.1, 0.15) is 24.0 Å². The number of nitrogens with zero attached hydrogens (tertiary/aromatic N) is 2. The van der Waals surface area contributed by atoms with Crippen LogP contribution in [0.3, 0.4) is 0 Å². The maximum absolute atomic E-state index is 13.9. The SMILES string of the molecule is CN=C(NCc1ccc(F)c(CN(C)C)c1)NCC1(CCO)CCOC1. The van der Waals surface area contributed by atoms with E-state index in [1.807, 2.05) is 25.1 Å². The molecule has 1 aromatic carbocycles. The standard InChI is InChI=1S/C19H31FN4O2/c1-21-18(23-13-19(6-8-25)7-9-26-14-19)22-11-15-4-5-17(20)16(10-15)12-24(2)3/h4-5,10,25H,6-9,11-14H2,1-3H3,(H2,21,22,23). The van der Waals surface area contributed by atoms with Crippen molar-refractivity contribution in [2.24, 2.45) is 10.4 Å². The van der Waals surface area contributed by atoms with Crippen molar-refractivity contribution < 1.29 is 14.2 Å². The van der Waals surface area contributed by atoms with E-state index in [2.05, 4.69) is 15.6 Å². The lowest BCUT2D eigenvalue weighted by Crippen LogP contribution is -2.44. The zero-order chi connectivity index (χ0) is 19.0. The summed E-state index contributed by atoms with van der Waals surface area (Å²) in [5, 5.41) is 15.9. The third-order valence-electron chi connectivity index (χ3n) is 4.74. The van der Waals surface area contributed by atoms with Crippen LogP contribution in [0.4, 0.5) is 4.39 Å². The Morgan fingerprint density at radius 1 is 1.38 bits per heavy atom. The molecular formula is C19H31FN4O2. The van der Waals surface area contributed by atoms with Crippen LogP contribution < -0.4 is 10.6 Å². The van der Waals surface area contributed by atoms with Crippen molar-refractivity contribution in [1.29, 1.82) is 0 Å². The molecule has 146 valence electrons. The molecule has 1 saturated heterocycles. The van der Waals surface area contributed by atoms with Crippen molar-refractivity contribution in [3.05, 3.63) is 35.1 Å². The second-order valence-corrected chi connectivity index (χ2v) is 7.22. The topological polar surface area (TPSA) is 69.1 Å². The maximum Gasteiger partial charge on any atom is 0.191 e. The quantitative estimate of drug-likeness (QED) is 0.479. The van der Waals surface area contributed by atoms with Crippen LogP contribution in [-0.2, 0) is 17.8 Å². The Bertz CT molecular complexity index is 601. The van der Waals surface area contributed by atoms with Gasteiger partial charge in [0.25, 0.3) is 0 Å². The monoisotopic (exact) mass is 366 g/mol. The number of benzene rings is 1. The van der Waals surface area contributed by atoms with Gasteiger partial charge >= 0.3 is 0 Å². The number of hydrogen-bond acceptors (Lipinski definition) is 4. The van der Waals surface area contributed by atoms with E-state index in [1.54, 1.807) is 13.1 Å². The molecule has 1 aliphatic heterocycles. The van der Waals surface area contributed by atoms with E-state index in [0.29, 0.717) is 44.2 Å². The minimum atomic E-state index is -0.183. The molecule has 1 heterocycles. The second-order valence-electron chi connectivity index (χ2n) is 7.22. The summed E-state index contributed by atoms with van der Waals surface area (Å²) < 4.78 is 19.4. The third kappa shape index (κ3) is 5.93. The highest BCUT2D eigenvalue weighted by molar-refractivity contribution is 5.79. The molecule has 6 nitrogen and oxygen atoms in total. The van der Waals surface area contributed by atoms with Gasteiger partial charge in [-0.2, -0.15) is 0 Å². The third-order valence-corrected chi connectivity index (χ3v) is 4.74. The molecule has 0 bridgehead atoms. The van der Waals surface area contributed by atoms with Crippen molar-refractivity contribution in [2.75, 3.05) is 47.5 Å². The van der Waals surface area contributed by atoms with Gasteiger partial charge in [0, 0.05) is 50.9 Å². The first-order valence-corrected chi connectivity index (χ1v) is 9.03. The zero-order valence-electron chi connectivity index (χ0n) is 16.0. The first-order valence-electron chi connectivity index (χ1n) is 9.03. The molecule has 0 spiro atoms. The van der Waals surface area contributed by atoms with Gasteiger partial charge in [0.15, 0.2) is 5.96 Å². The number of hydrogen-bond donors (Lipinski definition) is 3. The molecule has 0 radical (unpaired) electrons. The first-order chi connectivity index (χ1) is 12.5. The fraction of sp³-hybridized carbons (Fsp3) is 0.632. The van der Waals surface area contributed by atoms with Gasteiger partial charge in [-0.25, -0.2) is 4.39 Å². The van der Waals surface area contributed by atoms with Crippen LogP contribution in [0.5, 0.6) is 0 Å². The summed E-state index contributed by atoms with van der Waals surface area (Å²) in [7, 11) is 5.57. The van der Waals surface area contributed by atoms with Gasteiger partial charge in [0.05, 0.1) is 6.61 Å². The van der Waals surface area contributed by atoms with Crippen molar-refractivity contribution in [3.8, 4) is 0 Å². The van der Waals surface area contributed by atoms with Crippen LogP contribution >= 0.6 is 0 Å². The molecule has 26 heavy (non-hydrogen) atoms. The molecule has 2 rings (SSSR count). The summed E-state index contributed by atoms with van der Waals surface area (Å²) in [6.45, 7) is 3.37. The highest BCUT2D eigenvalue weighted by atomic mass is 19.1. The molecule has 0 amide bonds. The summed E-state index contributed by atoms with van der Waals surface area (Å²) in [6.07, 6.45) is 1.65. The summed E-state index contributed by atoms with van der Waals surface area (Å²) in [5.41, 5.74) is 1.64. The predicted octanol–water partition coefficient (Wildman–Crippen LogP) is 1.34. The lowest BCUT2D eigenvalue weighted by atomic mass is 9.84. The van der Waals surface area contributed by atoms with Gasteiger partial charge in [-0.15, -0.1) is 0 Å². The van der Waals surface area contributed by atoms with Gasteiger partial charge < -0.3 is 25.4 Å². The number of ether oxygens (including phenoxy) is 1. The highest BCUT2D eigenvalue weighted by Gasteiger charge is 2.34. The molecule has 1 atom stereocenters. The summed E-state index contributed by atoms with van der Waals surface area (Å²) in [5.74, 6) is 0.504. The average Bonchev–Trinajstić information content (AvgIpc) is 3.06. The number of halogens is 1. The van der Waals surface area contributed by atoms with Gasteiger partial charge in [0.2, 0.25) is 0 Å².